The molecule has 5 heteroatoms. The predicted molar refractivity (Wildman–Crippen MR) is 92.4 cm³/mol. The Labute approximate surface area is 136 Å². The van der Waals surface area contributed by atoms with E-state index in [9.17, 15) is 4.79 Å². The number of benzene rings is 1. The van der Waals surface area contributed by atoms with Crippen LogP contribution in [0.2, 0.25) is 0 Å². The fourth-order valence-electron chi connectivity index (χ4n) is 2.21. The van der Waals surface area contributed by atoms with E-state index in [4.69, 9.17) is 0 Å². The number of thioether (sulfide) groups is 1. The lowest BCUT2D eigenvalue weighted by Gasteiger charge is -2.16. The minimum absolute atomic E-state index is 0.00348. The normalized spacial score (nSPS) is 12.4. The Balaban J connectivity index is 2.06. The van der Waals surface area contributed by atoms with E-state index in [0.717, 1.165) is 23.0 Å². The van der Waals surface area contributed by atoms with Gasteiger partial charge in [0.05, 0.1) is 5.25 Å². The van der Waals surface area contributed by atoms with Gasteiger partial charge in [0.15, 0.2) is 5.16 Å². The van der Waals surface area contributed by atoms with E-state index in [1.165, 1.54) is 11.8 Å². The summed E-state index contributed by atoms with van der Waals surface area (Å²) in [5, 5.41) is 3.72. The average molecular weight is 317 g/mol. The lowest BCUT2D eigenvalue weighted by Crippen LogP contribution is -2.23. The first-order valence-corrected chi connectivity index (χ1v) is 8.48. The number of amides is 1. The summed E-state index contributed by atoms with van der Waals surface area (Å²) < 4.78 is 2.04. The molecule has 0 aliphatic rings. The third-order valence-corrected chi connectivity index (χ3v) is 4.63. The van der Waals surface area contributed by atoms with Gasteiger partial charge in [-0.05, 0) is 31.4 Å². The van der Waals surface area contributed by atoms with Crippen molar-refractivity contribution in [1.82, 2.24) is 9.55 Å². The second kappa shape index (κ2) is 7.49. The second-order valence-corrected chi connectivity index (χ2v) is 6.80. The van der Waals surface area contributed by atoms with Gasteiger partial charge in [-0.25, -0.2) is 4.98 Å². The van der Waals surface area contributed by atoms with E-state index < -0.39 is 0 Å². The van der Waals surface area contributed by atoms with Crippen molar-refractivity contribution in [2.24, 2.45) is 0 Å². The summed E-state index contributed by atoms with van der Waals surface area (Å²) in [6.45, 7) is 9.08. The molecule has 22 heavy (non-hydrogen) atoms. The molecule has 1 N–H and O–H groups in total. The molecule has 4 nitrogen and oxygen atoms in total. The minimum atomic E-state index is -0.201. The van der Waals surface area contributed by atoms with Crippen LogP contribution in [0.25, 0.3) is 0 Å². The van der Waals surface area contributed by atoms with Gasteiger partial charge in [-0.2, -0.15) is 0 Å². The number of anilines is 1. The van der Waals surface area contributed by atoms with Gasteiger partial charge in [0.2, 0.25) is 5.91 Å². The van der Waals surface area contributed by atoms with E-state index in [-0.39, 0.29) is 11.2 Å². The summed E-state index contributed by atoms with van der Waals surface area (Å²) in [5.74, 6) is 0.377. The van der Waals surface area contributed by atoms with Gasteiger partial charge in [0.1, 0.15) is 0 Å². The van der Waals surface area contributed by atoms with Crippen LogP contribution >= 0.6 is 11.8 Å². The smallest absolute Gasteiger partial charge is 0.237 e. The van der Waals surface area contributed by atoms with Crippen LogP contribution in [-0.2, 0) is 11.3 Å². The molecule has 1 heterocycles. The number of carbonyl (C=O) groups is 1. The average Bonchev–Trinajstić information content (AvgIpc) is 2.94. The van der Waals surface area contributed by atoms with E-state index >= 15 is 0 Å². The molecule has 118 valence electrons. The molecule has 0 aliphatic heterocycles. The SMILES string of the molecule is CCn1ccnc1SC(C)C(=O)Nc1ccccc1C(C)C. The van der Waals surface area contributed by atoms with Gasteiger partial charge in [0, 0.05) is 24.6 Å². The lowest BCUT2D eigenvalue weighted by molar-refractivity contribution is -0.115. The summed E-state index contributed by atoms with van der Waals surface area (Å²) in [7, 11) is 0. The molecule has 0 spiro atoms. The van der Waals surface area contributed by atoms with Crippen molar-refractivity contribution in [3.8, 4) is 0 Å². The number of carbonyl (C=O) groups excluding carboxylic acids is 1. The Bertz CT molecular complexity index is 636. The summed E-state index contributed by atoms with van der Waals surface area (Å²) >= 11 is 1.48. The zero-order valence-corrected chi connectivity index (χ0v) is 14.4. The summed E-state index contributed by atoms with van der Waals surface area (Å²) in [6.07, 6.45) is 3.70. The highest BCUT2D eigenvalue weighted by Crippen LogP contribution is 2.26. The standard InChI is InChI=1S/C17H23N3OS/c1-5-20-11-10-18-17(20)22-13(4)16(21)19-15-9-7-6-8-14(15)12(2)3/h6-13H,5H2,1-4H3,(H,19,21). The van der Waals surface area contributed by atoms with Crippen LogP contribution in [-0.4, -0.2) is 20.7 Å². The Hall–Kier alpha value is -1.75. The van der Waals surface area contributed by atoms with Crippen molar-refractivity contribution in [3.63, 3.8) is 0 Å². The van der Waals surface area contributed by atoms with Crippen molar-refractivity contribution in [3.05, 3.63) is 42.2 Å². The first-order valence-electron chi connectivity index (χ1n) is 7.60. The number of nitrogens with one attached hydrogen (secondary N) is 1. The minimum Gasteiger partial charge on any atom is -0.326 e. The maximum Gasteiger partial charge on any atom is 0.237 e. The van der Waals surface area contributed by atoms with E-state index in [0.29, 0.717) is 5.92 Å². The molecule has 0 saturated carbocycles. The number of hydrogen-bond acceptors (Lipinski definition) is 3. The maximum atomic E-state index is 12.4. The molecule has 2 rings (SSSR count). The molecule has 0 fully saturated rings. The van der Waals surface area contributed by atoms with Crippen molar-refractivity contribution in [1.29, 1.82) is 0 Å². The largest absolute Gasteiger partial charge is 0.326 e. The number of hydrogen-bond donors (Lipinski definition) is 1. The molecule has 1 aromatic heterocycles. The van der Waals surface area contributed by atoms with Crippen molar-refractivity contribution >= 4 is 23.4 Å². The summed E-state index contributed by atoms with van der Waals surface area (Å²) in [6, 6.07) is 7.96. The van der Waals surface area contributed by atoms with Gasteiger partial charge in [-0.15, -0.1) is 0 Å². The van der Waals surface area contributed by atoms with E-state index in [1.54, 1.807) is 6.20 Å². The Morgan fingerprint density at radius 1 is 1.32 bits per heavy atom. The van der Waals surface area contributed by atoms with Crippen LogP contribution in [0.3, 0.4) is 0 Å². The summed E-state index contributed by atoms with van der Waals surface area (Å²) in [5.41, 5.74) is 2.05. The molecular formula is C17H23N3OS. The molecule has 0 aliphatic carbocycles. The number of para-hydroxylation sites is 1. The van der Waals surface area contributed by atoms with Crippen LogP contribution in [0.4, 0.5) is 5.69 Å². The third-order valence-electron chi connectivity index (χ3n) is 3.51. The zero-order valence-electron chi connectivity index (χ0n) is 13.5. The van der Waals surface area contributed by atoms with E-state index in [2.05, 4.69) is 37.1 Å². The van der Waals surface area contributed by atoms with Gasteiger partial charge in [-0.3, -0.25) is 4.79 Å². The molecule has 0 radical (unpaired) electrons. The zero-order chi connectivity index (χ0) is 16.1. The number of aromatic nitrogens is 2. The van der Waals surface area contributed by atoms with Crippen LogP contribution in [0.15, 0.2) is 41.8 Å². The highest BCUT2D eigenvalue weighted by molar-refractivity contribution is 8.00. The van der Waals surface area contributed by atoms with Gasteiger partial charge in [0.25, 0.3) is 0 Å². The third kappa shape index (κ3) is 3.91. The van der Waals surface area contributed by atoms with Crippen molar-refractivity contribution in [2.75, 3.05) is 5.32 Å². The van der Waals surface area contributed by atoms with Gasteiger partial charge >= 0.3 is 0 Å². The molecule has 1 unspecified atom stereocenters. The molecule has 2 aromatic rings. The Kier molecular flexibility index (Phi) is 5.66. The van der Waals surface area contributed by atoms with Crippen LogP contribution in [0, 0.1) is 0 Å². The highest BCUT2D eigenvalue weighted by atomic mass is 32.2. The predicted octanol–water partition coefficient (Wildman–Crippen LogP) is 4.15. The molecule has 0 bridgehead atoms. The van der Waals surface area contributed by atoms with Crippen LogP contribution < -0.4 is 5.32 Å². The number of rotatable bonds is 6. The summed E-state index contributed by atoms with van der Waals surface area (Å²) in [4.78, 5) is 16.8. The molecule has 1 atom stereocenters. The lowest BCUT2D eigenvalue weighted by atomic mass is 10.0. The van der Waals surface area contributed by atoms with Crippen molar-refractivity contribution < 1.29 is 4.79 Å². The quantitative estimate of drug-likeness (QED) is 0.814. The molecule has 1 amide bonds. The van der Waals surface area contributed by atoms with Crippen LogP contribution in [0.5, 0.6) is 0 Å². The van der Waals surface area contributed by atoms with Crippen molar-refractivity contribution in [2.45, 2.75) is 50.6 Å². The van der Waals surface area contributed by atoms with Gasteiger partial charge in [-0.1, -0.05) is 43.8 Å². The highest BCUT2D eigenvalue weighted by Gasteiger charge is 2.18. The topological polar surface area (TPSA) is 46.9 Å². The number of aryl methyl sites for hydroxylation is 1. The van der Waals surface area contributed by atoms with Crippen LogP contribution in [0.1, 0.15) is 39.2 Å². The first kappa shape index (κ1) is 16.6. The number of nitrogens with zero attached hydrogens (tertiary/aromatic N) is 2. The second-order valence-electron chi connectivity index (χ2n) is 5.49. The maximum absolute atomic E-state index is 12.4. The fourth-order valence-corrected chi connectivity index (χ4v) is 3.14. The Morgan fingerprint density at radius 2 is 2.05 bits per heavy atom. The van der Waals surface area contributed by atoms with Gasteiger partial charge < -0.3 is 9.88 Å². The molecule has 1 aromatic carbocycles. The molecular weight excluding hydrogens is 294 g/mol. The first-order chi connectivity index (χ1) is 10.5. The Morgan fingerprint density at radius 3 is 2.73 bits per heavy atom. The monoisotopic (exact) mass is 317 g/mol. The van der Waals surface area contributed by atoms with E-state index in [1.807, 2.05) is 35.9 Å². The fraction of sp³-hybridized carbons (Fsp3) is 0.412. The number of imidazole rings is 1. The molecule has 0 saturated heterocycles.